The van der Waals surface area contributed by atoms with Gasteiger partial charge in [0.1, 0.15) is 0 Å². The molecule has 0 bridgehead atoms. The fraction of sp³-hybridized carbons (Fsp3) is 0.185. The van der Waals surface area contributed by atoms with Gasteiger partial charge in [0.15, 0.2) is 0 Å². The molecule has 3 aromatic rings. The summed E-state index contributed by atoms with van der Waals surface area (Å²) in [5.41, 5.74) is 3.77. The molecule has 0 atom stereocenters. The maximum absolute atomic E-state index is 13.1. The van der Waals surface area contributed by atoms with Crippen molar-refractivity contribution in [3.8, 4) is 0 Å². The Labute approximate surface area is 183 Å². The number of benzene rings is 3. The summed E-state index contributed by atoms with van der Waals surface area (Å²) < 4.78 is 0. The highest BCUT2D eigenvalue weighted by Gasteiger charge is 2.23. The molecule has 0 aromatic heterocycles. The van der Waals surface area contributed by atoms with E-state index in [1.165, 1.54) is 0 Å². The van der Waals surface area contributed by atoms with Crippen LogP contribution in [0.5, 0.6) is 0 Å². The minimum absolute atomic E-state index is 0.0539. The predicted molar refractivity (Wildman–Crippen MR) is 124 cm³/mol. The summed E-state index contributed by atoms with van der Waals surface area (Å²) in [4.78, 5) is 26.9. The minimum Gasteiger partial charge on any atom is -0.353 e. The van der Waals surface area contributed by atoms with Crippen molar-refractivity contribution in [1.82, 2.24) is 5.32 Å². The van der Waals surface area contributed by atoms with Crippen LogP contribution in [0, 0.1) is 0 Å². The van der Waals surface area contributed by atoms with Gasteiger partial charge in [-0.25, -0.2) is 0 Å². The van der Waals surface area contributed by atoms with Crippen LogP contribution in [0.4, 0.5) is 5.69 Å². The van der Waals surface area contributed by atoms with Gasteiger partial charge in [-0.2, -0.15) is 0 Å². The Kier molecular flexibility index (Phi) is 6.58. The third kappa shape index (κ3) is 6.16. The van der Waals surface area contributed by atoms with E-state index in [1.54, 1.807) is 11.0 Å². The lowest BCUT2D eigenvalue weighted by molar-refractivity contribution is -0.120. The van der Waals surface area contributed by atoms with Gasteiger partial charge in [0, 0.05) is 17.8 Å². The molecule has 1 aliphatic rings. The average Bonchev–Trinajstić information content (AvgIpc) is 3.62. The standard InChI is InChI=1S/C27H26N2O2/c30-26(28-24-14-15-24)19-22-11-16-25(17-12-22)29(20-23-9-5-2-6-10-23)27(31)18-13-21-7-3-1-4-8-21/h1-13,16-18,24H,14-15,19-20H2,(H,28,30). The molecule has 4 nitrogen and oxygen atoms in total. The Hall–Kier alpha value is -3.66. The van der Waals surface area contributed by atoms with Crippen molar-refractivity contribution in [3.63, 3.8) is 0 Å². The minimum atomic E-state index is -0.0908. The average molecular weight is 411 g/mol. The summed E-state index contributed by atoms with van der Waals surface area (Å²) >= 11 is 0. The maximum atomic E-state index is 13.1. The van der Waals surface area contributed by atoms with Crippen molar-refractivity contribution in [2.24, 2.45) is 0 Å². The van der Waals surface area contributed by atoms with Gasteiger partial charge in [-0.05, 0) is 47.7 Å². The van der Waals surface area contributed by atoms with Gasteiger partial charge in [0.05, 0.1) is 13.0 Å². The van der Waals surface area contributed by atoms with Gasteiger partial charge in [-0.1, -0.05) is 72.8 Å². The second-order valence-corrected chi connectivity index (χ2v) is 7.84. The van der Waals surface area contributed by atoms with Crippen LogP contribution in [0.3, 0.4) is 0 Å². The van der Waals surface area contributed by atoms with Gasteiger partial charge in [0.2, 0.25) is 5.91 Å². The molecule has 3 aromatic carbocycles. The van der Waals surface area contributed by atoms with Crippen LogP contribution in [0.25, 0.3) is 6.08 Å². The molecule has 4 rings (SSSR count). The molecular formula is C27H26N2O2. The summed E-state index contributed by atoms with van der Waals surface area (Å²) in [6.07, 6.45) is 5.96. The fourth-order valence-corrected chi connectivity index (χ4v) is 3.37. The summed E-state index contributed by atoms with van der Waals surface area (Å²) in [6, 6.07) is 27.7. The van der Waals surface area contributed by atoms with Crippen LogP contribution in [-0.4, -0.2) is 17.9 Å². The second-order valence-electron chi connectivity index (χ2n) is 7.84. The summed E-state index contributed by atoms with van der Waals surface area (Å²) in [5.74, 6) is -0.0369. The summed E-state index contributed by atoms with van der Waals surface area (Å²) in [5, 5.41) is 3.01. The first-order valence-corrected chi connectivity index (χ1v) is 10.6. The smallest absolute Gasteiger partial charge is 0.251 e. The lowest BCUT2D eigenvalue weighted by Gasteiger charge is -2.22. The van der Waals surface area contributed by atoms with Gasteiger partial charge in [0.25, 0.3) is 5.91 Å². The number of nitrogens with one attached hydrogen (secondary N) is 1. The number of carbonyl (C=O) groups excluding carboxylic acids is 2. The van der Waals surface area contributed by atoms with Crippen LogP contribution in [-0.2, 0) is 22.6 Å². The number of hydrogen-bond donors (Lipinski definition) is 1. The molecule has 4 heteroatoms. The Balaban J connectivity index is 1.51. The molecule has 0 saturated heterocycles. The highest BCUT2D eigenvalue weighted by atomic mass is 16.2. The molecule has 1 saturated carbocycles. The molecular weight excluding hydrogens is 384 g/mol. The highest BCUT2D eigenvalue weighted by Crippen LogP contribution is 2.21. The second kappa shape index (κ2) is 9.90. The third-order valence-corrected chi connectivity index (χ3v) is 5.22. The third-order valence-electron chi connectivity index (χ3n) is 5.22. The van der Waals surface area contributed by atoms with E-state index in [0.717, 1.165) is 35.2 Å². The topological polar surface area (TPSA) is 49.4 Å². The van der Waals surface area contributed by atoms with E-state index in [4.69, 9.17) is 0 Å². The van der Waals surface area contributed by atoms with Crippen LogP contribution >= 0.6 is 0 Å². The zero-order valence-corrected chi connectivity index (χ0v) is 17.4. The van der Waals surface area contributed by atoms with E-state index < -0.39 is 0 Å². The van der Waals surface area contributed by atoms with Crippen molar-refractivity contribution < 1.29 is 9.59 Å². The number of carbonyl (C=O) groups is 2. The summed E-state index contributed by atoms with van der Waals surface area (Å²) in [6.45, 7) is 0.473. The fourth-order valence-electron chi connectivity index (χ4n) is 3.37. The van der Waals surface area contributed by atoms with E-state index in [1.807, 2.05) is 91.0 Å². The molecule has 0 radical (unpaired) electrons. The molecule has 0 unspecified atom stereocenters. The Bertz CT molecular complexity index is 1040. The summed E-state index contributed by atoms with van der Waals surface area (Å²) in [7, 11) is 0. The zero-order valence-electron chi connectivity index (χ0n) is 17.4. The Morgan fingerprint density at radius 2 is 1.48 bits per heavy atom. The molecule has 31 heavy (non-hydrogen) atoms. The zero-order chi connectivity index (χ0) is 21.5. The molecule has 0 heterocycles. The number of hydrogen-bond acceptors (Lipinski definition) is 2. The van der Waals surface area contributed by atoms with Crippen molar-refractivity contribution >= 4 is 23.6 Å². The van der Waals surface area contributed by atoms with E-state index in [9.17, 15) is 9.59 Å². The first kappa shape index (κ1) is 20.6. The Morgan fingerprint density at radius 1 is 0.839 bits per heavy atom. The highest BCUT2D eigenvalue weighted by molar-refractivity contribution is 6.03. The lowest BCUT2D eigenvalue weighted by Crippen LogP contribution is -2.29. The van der Waals surface area contributed by atoms with E-state index in [2.05, 4.69) is 5.32 Å². The van der Waals surface area contributed by atoms with Crippen molar-refractivity contribution in [2.45, 2.75) is 31.8 Å². The normalized spacial score (nSPS) is 13.2. The first-order chi connectivity index (χ1) is 15.2. The lowest BCUT2D eigenvalue weighted by atomic mass is 10.1. The van der Waals surface area contributed by atoms with Gasteiger partial charge < -0.3 is 10.2 Å². The monoisotopic (exact) mass is 410 g/mol. The maximum Gasteiger partial charge on any atom is 0.251 e. The van der Waals surface area contributed by atoms with E-state index in [-0.39, 0.29) is 11.8 Å². The quantitative estimate of drug-likeness (QED) is 0.545. The molecule has 1 fully saturated rings. The largest absolute Gasteiger partial charge is 0.353 e. The molecule has 0 spiro atoms. The van der Waals surface area contributed by atoms with E-state index >= 15 is 0 Å². The Morgan fingerprint density at radius 3 is 2.13 bits per heavy atom. The van der Waals surface area contributed by atoms with Crippen LogP contribution in [0.2, 0.25) is 0 Å². The molecule has 156 valence electrons. The van der Waals surface area contributed by atoms with Crippen molar-refractivity contribution in [2.75, 3.05) is 4.90 Å². The molecule has 1 N–H and O–H groups in total. The number of amides is 2. The predicted octanol–water partition coefficient (Wildman–Crippen LogP) is 4.75. The van der Waals surface area contributed by atoms with Crippen LogP contribution in [0.15, 0.2) is 91.0 Å². The number of rotatable bonds is 8. The van der Waals surface area contributed by atoms with Crippen molar-refractivity contribution in [1.29, 1.82) is 0 Å². The SMILES string of the molecule is O=C(Cc1ccc(N(Cc2ccccc2)C(=O)C=Cc2ccccc2)cc1)NC1CC1. The molecule has 2 amide bonds. The van der Waals surface area contributed by atoms with Crippen molar-refractivity contribution in [3.05, 3.63) is 108 Å². The first-order valence-electron chi connectivity index (χ1n) is 10.6. The van der Waals surface area contributed by atoms with Crippen LogP contribution < -0.4 is 10.2 Å². The van der Waals surface area contributed by atoms with Gasteiger partial charge in [-0.3, -0.25) is 9.59 Å². The number of anilines is 1. The molecule has 1 aliphatic carbocycles. The van der Waals surface area contributed by atoms with E-state index in [0.29, 0.717) is 19.0 Å². The number of nitrogens with zero attached hydrogens (tertiary/aromatic N) is 1. The van der Waals surface area contributed by atoms with Gasteiger partial charge in [-0.15, -0.1) is 0 Å². The van der Waals surface area contributed by atoms with Crippen LogP contribution in [0.1, 0.15) is 29.5 Å². The molecule has 0 aliphatic heterocycles. The van der Waals surface area contributed by atoms with Gasteiger partial charge >= 0.3 is 0 Å².